The maximum atomic E-state index is 11.3. The lowest BCUT2D eigenvalue weighted by atomic mass is 10.2. The summed E-state index contributed by atoms with van der Waals surface area (Å²) in [6.07, 6.45) is 8.45. The predicted octanol–water partition coefficient (Wildman–Crippen LogP) is -0.624. The van der Waals surface area contributed by atoms with Crippen LogP contribution in [0.25, 0.3) is 0 Å². The van der Waals surface area contributed by atoms with Crippen molar-refractivity contribution in [1.82, 2.24) is 15.3 Å². The van der Waals surface area contributed by atoms with Crippen LogP contribution in [0.5, 0.6) is 0 Å². The Morgan fingerprint density at radius 3 is 3.21 bits per heavy atom. The SMILES string of the molecule is C#CCC(N)C(=O)NCc1cnc[nH]1. The minimum atomic E-state index is -0.636. The van der Waals surface area contributed by atoms with Crippen LogP contribution in [0.3, 0.4) is 0 Å². The second-order valence-corrected chi connectivity index (χ2v) is 2.81. The number of aromatic amines is 1. The Kier molecular flexibility index (Phi) is 3.70. The van der Waals surface area contributed by atoms with Crippen LogP contribution >= 0.6 is 0 Å². The van der Waals surface area contributed by atoms with Gasteiger partial charge in [0, 0.05) is 12.6 Å². The summed E-state index contributed by atoms with van der Waals surface area (Å²) in [5, 5.41) is 2.64. The predicted molar refractivity (Wildman–Crippen MR) is 51.9 cm³/mol. The van der Waals surface area contributed by atoms with E-state index in [1.165, 1.54) is 0 Å². The van der Waals surface area contributed by atoms with Gasteiger partial charge in [0.05, 0.1) is 24.6 Å². The molecule has 0 aromatic carbocycles. The van der Waals surface area contributed by atoms with Crippen molar-refractivity contribution < 1.29 is 4.79 Å². The smallest absolute Gasteiger partial charge is 0.238 e. The molecule has 1 atom stereocenters. The highest BCUT2D eigenvalue weighted by Gasteiger charge is 2.11. The zero-order valence-corrected chi connectivity index (χ0v) is 7.66. The van der Waals surface area contributed by atoms with Crippen LogP contribution in [-0.2, 0) is 11.3 Å². The van der Waals surface area contributed by atoms with Gasteiger partial charge >= 0.3 is 0 Å². The first-order valence-corrected chi connectivity index (χ1v) is 4.18. The Morgan fingerprint density at radius 1 is 1.86 bits per heavy atom. The van der Waals surface area contributed by atoms with E-state index in [4.69, 9.17) is 12.2 Å². The maximum Gasteiger partial charge on any atom is 0.238 e. The molecule has 74 valence electrons. The van der Waals surface area contributed by atoms with E-state index < -0.39 is 6.04 Å². The molecule has 0 aliphatic heterocycles. The van der Waals surface area contributed by atoms with E-state index >= 15 is 0 Å². The number of rotatable bonds is 4. The molecule has 0 saturated heterocycles. The summed E-state index contributed by atoms with van der Waals surface area (Å²) in [5.74, 6) is 2.08. The number of H-pyrrole nitrogens is 1. The number of hydrogen-bond donors (Lipinski definition) is 3. The lowest BCUT2D eigenvalue weighted by molar-refractivity contribution is -0.122. The Hall–Kier alpha value is -1.80. The average molecular weight is 192 g/mol. The fraction of sp³-hybridized carbons (Fsp3) is 0.333. The average Bonchev–Trinajstić information content (AvgIpc) is 2.67. The summed E-state index contributed by atoms with van der Waals surface area (Å²) in [7, 11) is 0. The largest absolute Gasteiger partial charge is 0.349 e. The van der Waals surface area contributed by atoms with Crippen molar-refractivity contribution in [3.8, 4) is 12.3 Å². The van der Waals surface area contributed by atoms with Crippen LogP contribution in [0.4, 0.5) is 0 Å². The van der Waals surface area contributed by atoms with E-state index in [0.717, 1.165) is 5.69 Å². The maximum absolute atomic E-state index is 11.3. The molecule has 1 heterocycles. The molecule has 1 amide bonds. The molecule has 1 aromatic rings. The van der Waals surface area contributed by atoms with Gasteiger partial charge in [0.1, 0.15) is 0 Å². The fourth-order valence-corrected chi connectivity index (χ4v) is 0.914. The van der Waals surface area contributed by atoms with E-state index in [-0.39, 0.29) is 12.3 Å². The minimum Gasteiger partial charge on any atom is -0.349 e. The number of nitrogens with zero attached hydrogens (tertiary/aromatic N) is 1. The number of nitrogens with one attached hydrogen (secondary N) is 2. The molecule has 0 saturated carbocycles. The molecule has 5 heteroatoms. The fourth-order valence-electron chi connectivity index (χ4n) is 0.914. The molecule has 0 fully saturated rings. The van der Waals surface area contributed by atoms with Crippen LogP contribution in [0.1, 0.15) is 12.1 Å². The van der Waals surface area contributed by atoms with Gasteiger partial charge in [0.15, 0.2) is 0 Å². The lowest BCUT2D eigenvalue weighted by Gasteiger charge is -2.08. The Bertz CT molecular complexity index is 325. The van der Waals surface area contributed by atoms with Crippen LogP contribution in [0.15, 0.2) is 12.5 Å². The van der Waals surface area contributed by atoms with Gasteiger partial charge in [-0.25, -0.2) is 4.98 Å². The quantitative estimate of drug-likeness (QED) is 0.556. The van der Waals surface area contributed by atoms with Crippen molar-refractivity contribution in [3.05, 3.63) is 18.2 Å². The summed E-state index contributed by atoms with van der Waals surface area (Å²) < 4.78 is 0. The molecule has 0 spiro atoms. The molecule has 0 aliphatic rings. The molecule has 0 aliphatic carbocycles. The Balaban J connectivity index is 2.32. The molecule has 1 unspecified atom stereocenters. The molecule has 0 radical (unpaired) electrons. The van der Waals surface area contributed by atoms with Crippen LogP contribution in [0.2, 0.25) is 0 Å². The van der Waals surface area contributed by atoms with Crippen LogP contribution in [0, 0.1) is 12.3 Å². The summed E-state index contributed by atoms with van der Waals surface area (Å²) >= 11 is 0. The van der Waals surface area contributed by atoms with Crippen molar-refractivity contribution in [2.45, 2.75) is 19.0 Å². The van der Waals surface area contributed by atoms with E-state index in [2.05, 4.69) is 21.2 Å². The van der Waals surface area contributed by atoms with Gasteiger partial charge in [-0.05, 0) is 0 Å². The van der Waals surface area contributed by atoms with Gasteiger partial charge in [-0.3, -0.25) is 4.79 Å². The van der Waals surface area contributed by atoms with Gasteiger partial charge in [-0.1, -0.05) is 0 Å². The normalized spacial score (nSPS) is 11.7. The highest BCUT2D eigenvalue weighted by Crippen LogP contribution is 1.91. The number of carbonyl (C=O) groups is 1. The van der Waals surface area contributed by atoms with Gasteiger partial charge in [-0.2, -0.15) is 0 Å². The second kappa shape index (κ2) is 5.04. The standard InChI is InChI=1S/C9H12N4O/c1-2-3-8(10)9(14)12-5-7-4-11-6-13-7/h1,4,6,8H,3,5,10H2,(H,11,13)(H,12,14). The number of hydrogen-bond acceptors (Lipinski definition) is 3. The number of carbonyl (C=O) groups excluding carboxylic acids is 1. The van der Waals surface area contributed by atoms with Gasteiger partial charge in [0.2, 0.25) is 5.91 Å². The van der Waals surface area contributed by atoms with Crippen molar-refractivity contribution in [3.63, 3.8) is 0 Å². The number of amides is 1. The highest BCUT2D eigenvalue weighted by atomic mass is 16.2. The number of terminal acetylenes is 1. The first-order valence-electron chi connectivity index (χ1n) is 4.18. The van der Waals surface area contributed by atoms with Crippen molar-refractivity contribution in [1.29, 1.82) is 0 Å². The molecule has 1 rings (SSSR count). The highest BCUT2D eigenvalue weighted by molar-refractivity contribution is 5.81. The zero-order chi connectivity index (χ0) is 10.4. The van der Waals surface area contributed by atoms with Crippen molar-refractivity contribution in [2.75, 3.05) is 0 Å². The summed E-state index contributed by atoms with van der Waals surface area (Å²) in [6, 6.07) is -0.636. The molecule has 1 aromatic heterocycles. The molecular weight excluding hydrogens is 180 g/mol. The minimum absolute atomic E-state index is 0.245. The van der Waals surface area contributed by atoms with E-state index in [1.807, 2.05) is 0 Å². The third-order valence-corrected chi connectivity index (χ3v) is 1.68. The Morgan fingerprint density at radius 2 is 2.64 bits per heavy atom. The van der Waals surface area contributed by atoms with Crippen molar-refractivity contribution in [2.24, 2.45) is 5.73 Å². The van der Waals surface area contributed by atoms with Gasteiger partial charge in [-0.15, -0.1) is 12.3 Å². The second-order valence-electron chi connectivity index (χ2n) is 2.81. The topological polar surface area (TPSA) is 83.8 Å². The Labute approximate surface area is 82.1 Å². The zero-order valence-electron chi connectivity index (χ0n) is 7.66. The van der Waals surface area contributed by atoms with Crippen molar-refractivity contribution >= 4 is 5.91 Å². The first-order chi connectivity index (χ1) is 6.74. The van der Waals surface area contributed by atoms with Gasteiger partial charge in [0.25, 0.3) is 0 Å². The summed E-state index contributed by atoms with van der Waals surface area (Å²) in [6.45, 7) is 0.386. The number of nitrogens with two attached hydrogens (primary N) is 1. The number of aromatic nitrogens is 2. The summed E-state index contributed by atoms with van der Waals surface area (Å²) in [5.41, 5.74) is 6.31. The summed E-state index contributed by atoms with van der Waals surface area (Å²) in [4.78, 5) is 17.9. The third-order valence-electron chi connectivity index (χ3n) is 1.68. The van der Waals surface area contributed by atoms with E-state index in [1.54, 1.807) is 12.5 Å². The van der Waals surface area contributed by atoms with Gasteiger partial charge < -0.3 is 16.0 Å². The number of imidazole rings is 1. The molecule has 5 nitrogen and oxygen atoms in total. The van der Waals surface area contributed by atoms with E-state index in [9.17, 15) is 4.79 Å². The monoisotopic (exact) mass is 192 g/mol. The van der Waals surface area contributed by atoms with Crippen LogP contribution in [-0.4, -0.2) is 21.9 Å². The molecular formula is C9H12N4O. The van der Waals surface area contributed by atoms with Crippen LogP contribution < -0.4 is 11.1 Å². The molecule has 0 bridgehead atoms. The third kappa shape index (κ3) is 2.92. The van der Waals surface area contributed by atoms with E-state index in [0.29, 0.717) is 6.54 Å². The molecule has 14 heavy (non-hydrogen) atoms. The first kappa shape index (κ1) is 10.3. The lowest BCUT2D eigenvalue weighted by Crippen LogP contribution is -2.39. The molecule has 4 N–H and O–H groups in total.